The fourth-order valence-corrected chi connectivity index (χ4v) is 0.680. The summed E-state index contributed by atoms with van der Waals surface area (Å²) in [4.78, 5) is 9.78. The third kappa shape index (κ3) is 1.57. The maximum Gasteiger partial charge on any atom is 0.145 e. The normalized spacial score (nSPS) is 16.2. The molecule has 3 heteroatoms. The molecule has 1 rings (SSSR count). The summed E-state index contributed by atoms with van der Waals surface area (Å²) in [5.74, 6) is 1.82. The van der Waals surface area contributed by atoms with Gasteiger partial charge in [-0.2, -0.15) is 0 Å². The number of halogens is 1. The molecule has 0 spiro atoms. The van der Waals surface area contributed by atoms with E-state index in [2.05, 4.69) is 5.32 Å². The zero-order chi connectivity index (χ0) is 5.11. The van der Waals surface area contributed by atoms with Crippen molar-refractivity contribution in [1.82, 2.24) is 5.32 Å². The van der Waals surface area contributed by atoms with Gasteiger partial charge in [0.1, 0.15) is 5.94 Å². The zero-order valence-corrected chi connectivity index (χ0v) is 5.25. The topological polar surface area (TPSA) is 29.1 Å². The summed E-state index contributed by atoms with van der Waals surface area (Å²) in [6.07, 6.45) is 1.98. The van der Waals surface area contributed by atoms with Gasteiger partial charge in [0.05, 0.1) is 5.70 Å². The van der Waals surface area contributed by atoms with Crippen molar-refractivity contribution in [3.05, 3.63) is 5.70 Å². The number of rotatable bonds is 0. The Labute approximate surface area is 54.4 Å². The summed E-state index contributed by atoms with van der Waals surface area (Å²) in [6, 6.07) is 0. The molecule has 1 heterocycles. The first-order valence-corrected chi connectivity index (χ1v) is 2.41. The minimum absolute atomic E-state index is 0. The molecule has 0 aromatic rings. The maximum absolute atomic E-state index is 9.78. The standard InChI is InChI=1S/C5H7NO.ClH/c7-4-5-2-1-3-6-5;/h6H,1-3H2;1H. The molecule has 1 fully saturated rings. The van der Waals surface area contributed by atoms with E-state index in [9.17, 15) is 4.79 Å². The van der Waals surface area contributed by atoms with Crippen LogP contribution < -0.4 is 5.32 Å². The molecule has 8 heavy (non-hydrogen) atoms. The van der Waals surface area contributed by atoms with Crippen LogP contribution in [0.25, 0.3) is 0 Å². The minimum Gasteiger partial charge on any atom is -0.379 e. The Morgan fingerprint density at radius 3 is 2.62 bits per heavy atom. The highest BCUT2D eigenvalue weighted by Gasteiger charge is 2.03. The van der Waals surface area contributed by atoms with E-state index in [0.29, 0.717) is 0 Å². The Hall–Kier alpha value is -0.460. The average Bonchev–Trinajstić information content (AvgIpc) is 2.14. The number of hydrogen-bond donors (Lipinski definition) is 1. The minimum atomic E-state index is 0. The molecule has 2 nitrogen and oxygen atoms in total. The van der Waals surface area contributed by atoms with E-state index in [1.54, 1.807) is 0 Å². The number of hydrogen-bond acceptors (Lipinski definition) is 2. The summed E-state index contributed by atoms with van der Waals surface area (Å²) >= 11 is 0. The van der Waals surface area contributed by atoms with Crippen LogP contribution in [0.15, 0.2) is 5.70 Å². The molecular weight excluding hydrogens is 126 g/mol. The van der Waals surface area contributed by atoms with Gasteiger partial charge in [0, 0.05) is 6.54 Å². The van der Waals surface area contributed by atoms with Gasteiger partial charge in [-0.25, -0.2) is 4.79 Å². The second kappa shape index (κ2) is 3.53. The quantitative estimate of drug-likeness (QED) is 0.488. The largest absolute Gasteiger partial charge is 0.379 e. The van der Waals surface area contributed by atoms with Crippen LogP contribution in [-0.2, 0) is 4.79 Å². The molecule has 1 aliphatic heterocycles. The van der Waals surface area contributed by atoms with E-state index in [4.69, 9.17) is 0 Å². The Kier molecular flexibility index (Phi) is 3.33. The lowest BCUT2D eigenvalue weighted by Gasteiger charge is -1.84. The van der Waals surface area contributed by atoms with Gasteiger partial charge in [0.2, 0.25) is 0 Å². The van der Waals surface area contributed by atoms with Crippen molar-refractivity contribution >= 4 is 18.3 Å². The van der Waals surface area contributed by atoms with E-state index in [-0.39, 0.29) is 12.4 Å². The monoisotopic (exact) mass is 133 g/mol. The predicted octanol–water partition coefficient (Wildman–Crippen LogP) is 0.507. The summed E-state index contributed by atoms with van der Waals surface area (Å²) < 4.78 is 0. The lowest BCUT2D eigenvalue weighted by Crippen LogP contribution is -2.03. The van der Waals surface area contributed by atoms with Crippen molar-refractivity contribution in [2.45, 2.75) is 12.8 Å². The first-order chi connectivity index (χ1) is 3.43. The molecule has 0 bridgehead atoms. The van der Waals surface area contributed by atoms with Gasteiger partial charge < -0.3 is 5.32 Å². The van der Waals surface area contributed by atoms with Crippen molar-refractivity contribution < 1.29 is 4.79 Å². The second-order valence-electron chi connectivity index (χ2n) is 1.61. The van der Waals surface area contributed by atoms with Crippen molar-refractivity contribution in [2.75, 3.05) is 6.54 Å². The smallest absolute Gasteiger partial charge is 0.145 e. The number of nitrogens with one attached hydrogen (secondary N) is 1. The van der Waals surface area contributed by atoms with Crippen LogP contribution >= 0.6 is 12.4 Å². The summed E-state index contributed by atoms with van der Waals surface area (Å²) in [7, 11) is 0. The van der Waals surface area contributed by atoms with Gasteiger partial charge in [-0.15, -0.1) is 12.4 Å². The zero-order valence-electron chi connectivity index (χ0n) is 4.44. The highest BCUT2D eigenvalue weighted by atomic mass is 35.5. The molecule has 1 N–H and O–H groups in total. The van der Waals surface area contributed by atoms with Crippen LogP contribution in [0.2, 0.25) is 0 Å². The molecule has 0 atom stereocenters. The molecule has 0 amide bonds. The Morgan fingerprint density at radius 2 is 2.38 bits per heavy atom. The number of carbonyl (C=O) groups excluding carboxylic acids is 1. The van der Waals surface area contributed by atoms with Gasteiger partial charge in [0.15, 0.2) is 0 Å². The van der Waals surface area contributed by atoms with Crippen LogP contribution in [0, 0.1) is 0 Å². The van der Waals surface area contributed by atoms with Crippen LogP contribution in [-0.4, -0.2) is 12.5 Å². The highest BCUT2D eigenvalue weighted by Crippen LogP contribution is 2.03. The molecule has 46 valence electrons. The first-order valence-electron chi connectivity index (χ1n) is 2.41. The molecular formula is C5H8ClNO. The van der Waals surface area contributed by atoms with Gasteiger partial charge in [0.25, 0.3) is 0 Å². The van der Waals surface area contributed by atoms with Crippen LogP contribution in [0.3, 0.4) is 0 Å². The molecule has 0 unspecified atom stereocenters. The van der Waals surface area contributed by atoms with Gasteiger partial charge >= 0.3 is 0 Å². The van der Waals surface area contributed by atoms with E-state index in [0.717, 1.165) is 25.1 Å². The Balaban J connectivity index is 0.000000490. The van der Waals surface area contributed by atoms with Crippen molar-refractivity contribution in [3.8, 4) is 0 Å². The number of allylic oxidation sites excluding steroid dienone is 1. The van der Waals surface area contributed by atoms with Crippen molar-refractivity contribution in [1.29, 1.82) is 0 Å². The van der Waals surface area contributed by atoms with Crippen LogP contribution in [0.1, 0.15) is 12.8 Å². The lowest BCUT2D eigenvalue weighted by molar-refractivity contribution is 0.565. The molecule has 0 saturated carbocycles. The Bertz CT molecular complexity index is 110. The van der Waals surface area contributed by atoms with Gasteiger partial charge in [-0.1, -0.05) is 0 Å². The average molecular weight is 134 g/mol. The van der Waals surface area contributed by atoms with Crippen LogP contribution in [0.4, 0.5) is 0 Å². The fourth-order valence-electron chi connectivity index (χ4n) is 0.680. The van der Waals surface area contributed by atoms with Gasteiger partial charge in [-0.3, -0.25) is 0 Å². The molecule has 1 aliphatic rings. The SMILES string of the molecule is Cl.O=C=C1CCCN1. The predicted molar refractivity (Wildman–Crippen MR) is 33.7 cm³/mol. The molecule has 1 saturated heterocycles. The van der Waals surface area contributed by atoms with Crippen molar-refractivity contribution in [2.24, 2.45) is 0 Å². The van der Waals surface area contributed by atoms with Gasteiger partial charge in [-0.05, 0) is 12.8 Å². The van der Waals surface area contributed by atoms with E-state index in [1.807, 2.05) is 5.94 Å². The fraction of sp³-hybridized carbons (Fsp3) is 0.600. The third-order valence-corrected chi connectivity index (χ3v) is 1.07. The molecule has 0 aromatic carbocycles. The Morgan fingerprint density at radius 1 is 1.62 bits per heavy atom. The molecule has 0 aliphatic carbocycles. The van der Waals surface area contributed by atoms with E-state index >= 15 is 0 Å². The van der Waals surface area contributed by atoms with Crippen LogP contribution in [0.5, 0.6) is 0 Å². The highest BCUT2D eigenvalue weighted by molar-refractivity contribution is 5.85. The molecule has 0 aromatic heterocycles. The summed E-state index contributed by atoms with van der Waals surface area (Å²) in [5.41, 5.74) is 0.736. The summed E-state index contributed by atoms with van der Waals surface area (Å²) in [6.45, 7) is 0.949. The summed E-state index contributed by atoms with van der Waals surface area (Å²) in [5, 5.41) is 2.90. The maximum atomic E-state index is 9.78. The van der Waals surface area contributed by atoms with Crippen molar-refractivity contribution in [3.63, 3.8) is 0 Å². The first kappa shape index (κ1) is 7.54. The second-order valence-corrected chi connectivity index (χ2v) is 1.61. The molecule has 0 radical (unpaired) electrons. The third-order valence-electron chi connectivity index (χ3n) is 1.07. The van der Waals surface area contributed by atoms with E-state index in [1.165, 1.54) is 0 Å². The lowest BCUT2D eigenvalue weighted by atomic mass is 10.3. The van der Waals surface area contributed by atoms with E-state index < -0.39 is 0 Å².